The van der Waals surface area contributed by atoms with E-state index in [-0.39, 0.29) is 0 Å². The first-order chi connectivity index (χ1) is 7.83. The van der Waals surface area contributed by atoms with Gasteiger partial charge in [-0.05, 0) is 54.3 Å². The van der Waals surface area contributed by atoms with Gasteiger partial charge in [0.15, 0.2) is 0 Å². The molecule has 0 bridgehead atoms. The smallest absolute Gasteiger partial charge is 0.110 e. The largest absolute Gasteiger partial charge is 0.296 e. The summed E-state index contributed by atoms with van der Waals surface area (Å²) in [4.78, 5) is 6.93. The van der Waals surface area contributed by atoms with Gasteiger partial charge in [-0.25, -0.2) is 4.98 Å². The van der Waals surface area contributed by atoms with Crippen LogP contribution in [0.1, 0.15) is 44.2 Å². The van der Waals surface area contributed by atoms with Crippen molar-refractivity contribution in [1.82, 2.24) is 9.88 Å². The van der Waals surface area contributed by atoms with E-state index in [4.69, 9.17) is 0 Å². The highest BCUT2D eigenvalue weighted by molar-refractivity contribution is 9.10. The standard InChI is InChI=1S/C13H19BrN2/c1-2-3-9-16-10-5-7-12(16)11-6-4-8-15-13(11)14/h4,6,8,12H,2-3,5,7,9-10H2,1H3. The molecule has 2 nitrogen and oxygen atoms in total. The monoisotopic (exact) mass is 282 g/mol. The molecular weight excluding hydrogens is 264 g/mol. The highest BCUT2D eigenvalue weighted by Gasteiger charge is 2.26. The van der Waals surface area contributed by atoms with Gasteiger partial charge in [0, 0.05) is 17.8 Å². The second kappa shape index (κ2) is 5.78. The zero-order valence-corrected chi connectivity index (χ0v) is 11.4. The van der Waals surface area contributed by atoms with Crippen LogP contribution < -0.4 is 0 Å². The fourth-order valence-electron chi connectivity index (χ4n) is 2.45. The number of unbranched alkanes of at least 4 members (excludes halogenated alkanes) is 1. The van der Waals surface area contributed by atoms with Crippen molar-refractivity contribution in [1.29, 1.82) is 0 Å². The predicted octanol–water partition coefficient (Wildman–Crippen LogP) is 3.78. The van der Waals surface area contributed by atoms with E-state index in [9.17, 15) is 0 Å². The maximum atomic E-state index is 4.33. The molecule has 1 aliphatic heterocycles. The Bertz CT molecular complexity index is 340. The lowest BCUT2D eigenvalue weighted by Gasteiger charge is -2.25. The topological polar surface area (TPSA) is 16.1 Å². The number of pyridine rings is 1. The Balaban J connectivity index is 2.10. The van der Waals surface area contributed by atoms with Crippen LogP contribution >= 0.6 is 15.9 Å². The normalized spacial score (nSPS) is 21.5. The Morgan fingerprint density at radius 2 is 2.44 bits per heavy atom. The first-order valence-corrected chi connectivity index (χ1v) is 6.96. The van der Waals surface area contributed by atoms with Gasteiger partial charge in [0.05, 0.1) is 0 Å². The number of nitrogens with zero attached hydrogens (tertiary/aromatic N) is 2. The Kier molecular flexibility index (Phi) is 4.36. The van der Waals surface area contributed by atoms with Gasteiger partial charge in [0.1, 0.15) is 4.60 Å². The summed E-state index contributed by atoms with van der Waals surface area (Å²) < 4.78 is 1.02. The number of hydrogen-bond acceptors (Lipinski definition) is 2. The molecule has 0 radical (unpaired) electrons. The zero-order chi connectivity index (χ0) is 11.4. The van der Waals surface area contributed by atoms with E-state index >= 15 is 0 Å². The van der Waals surface area contributed by atoms with E-state index < -0.39 is 0 Å². The van der Waals surface area contributed by atoms with Crippen molar-refractivity contribution in [2.45, 2.75) is 38.6 Å². The second-order valence-electron chi connectivity index (χ2n) is 4.43. The molecule has 0 saturated carbocycles. The Hall–Kier alpha value is -0.410. The molecule has 0 amide bonds. The third kappa shape index (κ3) is 2.64. The summed E-state index contributed by atoms with van der Waals surface area (Å²) in [5.74, 6) is 0. The number of hydrogen-bond donors (Lipinski definition) is 0. The molecule has 1 saturated heterocycles. The lowest BCUT2D eigenvalue weighted by atomic mass is 10.1. The van der Waals surface area contributed by atoms with Gasteiger partial charge in [-0.1, -0.05) is 19.4 Å². The maximum absolute atomic E-state index is 4.33. The minimum Gasteiger partial charge on any atom is -0.296 e. The van der Waals surface area contributed by atoms with Crippen molar-refractivity contribution < 1.29 is 0 Å². The van der Waals surface area contributed by atoms with E-state index in [1.807, 2.05) is 12.3 Å². The van der Waals surface area contributed by atoms with Crippen LogP contribution in [0.5, 0.6) is 0 Å². The van der Waals surface area contributed by atoms with Crippen LogP contribution in [0.3, 0.4) is 0 Å². The van der Waals surface area contributed by atoms with Gasteiger partial charge < -0.3 is 0 Å². The van der Waals surface area contributed by atoms with Crippen LogP contribution in [-0.4, -0.2) is 23.0 Å². The van der Waals surface area contributed by atoms with Gasteiger partial charge in [0.2, 0.25) is 0 Å². The molecule has 1 fully saturated rings. The summed E-state index contributed by atoms with van der Waals surface area (Å²) in [6.45, 7) is 4.72. The minimum atomic E-state index is 0.578. The third-order valence-electron chi connectivity index (χ3n) is 3.31. The zero-order valence-electron chi connectivity index (χ0n) is 9.82. The molecule has 88 valence electrons. The second-order valence-corrected chi connectivity index (χ2v) is 5.18. The van der Waals surface area contributed by atoms with Crippen LogP contribution in [0.2, 0.25) is 0 Å². The molecular formula is C13H19BrN2. The summed E-state index contributed by atoms with van der Waals surface area (Å²) in [7, 11) is 0. The number of halogens is 1. The van der Waals surface area contributed by atoms with Crippen molar-refractivity contribution in [2.24, 2.45) is 0 Å². The van der Waals surface area contributed by atoms with Crippen LogP contribution in [0.4, 0.5) is 0 Å². The van der Waals surface area contributed by atoms with Crippen molar-refractivity contribution in [2.75, 3.05) is 13.1 Å². The number of likely N-dealkylation sites (tertiary alicyclic amines) is 1. The summed E-state index contributed by atoms with van der Waals surface area (Å²) in [6.07, 6.45) is 7.01. The van der Waals surface area contributed by atoms with Crippen LogP contribution in [0.15, 0.2) is 22.9 Å². The Labute approximate surface area is 106 Å². The van der Waals surface area contributed by atoms with Crippen molar-refractivity contribution >= 4 is 15.9 Å². The van der Waals surface area contributed by atoms with Gasteiger partial charge in [0.25, 0.3) is 0 Å². The quantitative estimate of drug-likeness (QED) is 0.782. The van der Waals surface area contributed by atoms with Gasteiger partial charge in [-0.15, -0.1) is 0 Å². The molecule has 0 aromatic carbocycles. The lowest BCUT2D eigenvalue weighted by Crippen LogP contribution is -2.24. The maximum Gasteiger partial charge on any atom is 0.110 e. The average Bonchev–Trinajstić information content (AvgIpc) is 2.75. The summed E-state index contributed by atoms with van der Waals surface area (Å²) >= 11 is 3.56. The Morgan fingerprint density at radius 1 is 1.56 bits per heavy atom. The number of rotatable bonds is 4. The third-order valence-corrected chi connectivity index (χ3v) is 3.97. The van der Waals surface area contributed by atoms with E-state index in [2.05, 4.69) is 38.8 Å². The molecule has 0 N–H and O–H groups in total. The summed E-state index contributed by atoms with van der Waals surface area (Å²) in [5.41, 5.74) is 1.36. The first-order valence-electron chi connectivity index (χ1n) is 6.17. The summed E-state index contributed by atoms with van der Waals surface area (Å²) in [5, 5.41) is 0. The van der Waals surface area contributed by atoms with E-state index in [1.165, 1.54) is 44.3 Å². The predicted molar refractivity (Wildman–Crippen MR) is 70.4 cm³/mol. The lowest BCUT2D eigenvalue weighted by molar-refractivity contribution is 0.252. The van der Waals surface area contributed by atoms with E-state index in [0.717, 1.165) is 4.60 Å². The van der Waals surface area contributed by atoms with Crippen LogP contribution in [-0.2, 0) is 0 Å². The highest BCUT2D eigenvalue weighted by Crippen LogP contribution is 2.34. The van der Waals surface area contributed by atoms with Crippen molar-refractivity contribution in [3.8, 4) is 0 Å². The van der Waals surface area contributed by atoms with Crippen LogP contribution in [0, 0.1) is 0 Å². The van der Waals surface area contributed by atoms with Crippen molar-refractivity contribution in [3.63, 3.8) is 0 Å². The molecule has 2 rings (SSSR count). The van der Waals surface area contributed by atoms with E-state index in [0.29, 0.717) is 6.04 Å². The molecule has 3 heteroatoms. The molecule has 0 spiro atoms. The molecule has 0 aliphatic carbocycles. The molecule has 16 heavy (non-hydrogen) atoms. The van der Waals surface area contributed by atoms with Crippen molar-refractivity contribution in [3.05, 3.63) is 28.5 Å². The Morgan fingerprint density at radius 3 is 3.19 bits per heavy atom. The molecule has 1 aromatic rings. The fourth-order valence-corrected chi connectivity index (χ4v) is 2.97. The molecule has 1 atom stereocenters. The molecule has 1 aliphatic rings. The fraction of sp³-hybridized carbons (Fsp3) is 0.615. The van der Waals surface area contributed by atoms with Gasteiger partial charge in [-0.3, -0.25) is 4.90 Å². The number of aromatic nitrogens is 1. The highest BCUT2D eigenvalue weighted by atomic mass is 79.9. The SMILES string of the molecule is CCCCN1CCCC1c1cccnc1Br. The van der Waals surface area contributed by atoms with E-state index in [1.54, 1.807) is 0 Å². The summed E-state index contributed by atoms with van der Waals surface area (Å²) in [6, 6.07) is 4.82. The minimum absolute atomic E-state index is 0.578. The van der Waals surface area contributed by atoms with Gasteiger partial charge in [-0.2, -0.15) is 0 Å². The van der Waals surface area contributed by atoms with Crippen LogP contribution in [0.25, 0.3) is 0 Å². The van der Waals surface area contributed by atoms with Gasteiger partial charge >= 0.3 is 0 Å². The first kappa shape index (κ1) is 12.1. The molecule has 1 unspecified atom stereocenters. The molecule has 1 aromatic heterocycles. The molecule has 2 heterocycles. The average molecular weight is 283 g/mol.